The molecule has 0 saturated carbocycles. The first-order valence-electron chi connectivity index (χ1n) is 19.5. The number of rotatable bonds is 5. The summed E-state index contributed by atoms with van der Waals surface area (Å²) < 4.78 is 11.4. The van der Waals surface area contributed by atoms with Crippen LogP contribution < -0.4 is 0 Å². The first-order valence-corrected chi connectivity index (χ1v) is 19.5. The maximum Gasteiger partial charge on any atom is 0.138 e. The quantitative estimate of drug-likeness (QED) is 0.173. The fraction of sp³-hybridized carbons (Fsp3) is 0. The van der Waals surface area contributed by atoms with Gasteiger partial charge in [0.25, 0.3) is 0 Å². The third-order valence-corrected chi connectivity index (χ3v) is 11.7. The highest BCUT2D eigenvalue weighted by molar-refractivity contribution is 6.15. The molecule has 0 unspecified atom stereocenters. The van der Waals surface area contributed by atoms with Crippen LogP contribution in [-0.2, 0) is 0 Å². The zero-order valence-electron chi connectivity index (χ0n) is 30.9. The van der Waals surface area contributed by atoms with E-state index in [0.717, 1.165) is 49.8 Å². The number of aromatic nitrogens is 2. The summed E-state index contributed by atoms with van der Waals surface area (Å²) >= 11 is 0. The Morgan fingerprint density at radius 3 is 1.40 bits per heavy atom. The first kappa shape index (κ1) is 31.7. The lowest BCUT2D eigenvalue weighted by atomic mass is 9.96. The Kier molecular flexibility index (Phi) is 6.93. The molecule has 0 spiro atoms. The summed E-state index contributed by atoms with van der Waals surface area (Å²) in [5.41, 5.74) is 15.8. The Morgan fingerprint density at radius 1 is 0.281 bits per heavy atom. The molecule has 0 atom stereocenters. The van der Waals surface area contributed by atoms with Crippen molar-refractivity contribution in [2.75, 3.05) is 0 Å². The van der Waals surface area contributed by atoms with Crippen LogP contribution in [-0.4, -0.2) is 9.13 Å². The number of para-hydroxylation sites is 4. The molecule has 0 amide bonds. The number of hydrogen-bond acceptors (Lipinski definition) is 1. The van der Waals surface area contributed by atoms with Crippen molar-refractivity contribution in [3.05, 3.63) is 206 Å². The summed E-state index contributed by atoms with van der Waals surface area (Å²) in [6, 6.07) is 74.4. The van der Waals surface area contributed by atoms with Gasteiger partial charge >= 0.3 is 0 Å². The molecule has 57 heavy (non-hydrogen) atoms. The van der Waals surface area contributed by atoms with Gasteiger partial charge in [-0.05, 0) is 94.0 Å². The van der Waals surface area contributed by atoms with E-state index in [1.165, 1.54) is 60.5 Å². The summed E-state index contributed by atoms with van der Waals surface area (Å²) in [5.74, 6) is 0. The van der Waals surface area contributed by atoms with Crippen molar-refractivity contribution in [2.45, 2.75) is 0 Å². The highest BCUT2D eigenvalue weighted by Crippen LogP contribution is 2.42. The Bertz CT molecular complexity index is 3490. The largest absolute Gasteiger partial charge is 0.456 e. The zero-order chi connectivity index (χ0) is 37.5. The molecular weight excluding hydrogens is 693 g/mol. The smallest absolute Gasteiger partial charge is 0.138 e. The first-order chi connectivity index (χ1) is 28.3. The summed E-state index contributed by atoms with van der Waals surface area (Å²) in [6.07, 6.45) is 0. The van der Waals surface area contributed by atoms with Gasteiger partial charge in [0, 0.05) is 44.1 Å². The average molecular weight is 727 g/mol. The van der Waals surface area contributed by atoms with Gasteiger partial charge in [0.05, 0.1) is 27.8 Å². The Balaban J connectivity index is 1.04. The molecule has 12 rings (SSSR count). The van der Waals surface area contributed by atoms with Crippen LogP contribution >= 0.6 is 0 Å². The van der Waals surface area contributed by atoms with Gasteiger partial charge in [-0.15, -0.1) is 0 Å². The molecule has 3 heteroatoms. The van der Waals surface area contributed by atoms with Gasteiger partial charge in [-0.2, -0.15) is 0 Å². The van der Waals surface area contributed by atoms with Crippen LogP contribution in [0.15, 0.2) is 211 Å². The molecule has 0 N–H and O–H groups in total. The van der Waals surface area contributed by atoms with Crippen molar-refractivity contribution in [1.82, 2.24) is 9.13 Å². The second kappa shape index (κ2) is 12.5. The monoisotopic (exact) mass is 726 g/mol. The van der Waals surface area contributed by atoms with Gasteiger partial charge in [0.15, 0.2) is 0 Å². The Labute approximate surface area is 328 Å². The molecule has 0 aliphatic rings. The maximum atomic E-state index is 6.63. The van der Waals surface area contributed by atoms with Gasteiger partial charge in [-0.3, -0.25) is 0 Å². The molecule has 0 bridgehead atoms. The van der Waals surface area contributed by atoms with Crippen LogP contribution in [0.4, 0.5) is 0 Å². The van der Waals surface area contributed by atoms with E-state index >= 15 is 0 Å². The minimum Gasteiger partial charge on any atom is -0.456 e. The van der Waals surface area contributed by atoms with Crippen molar-refractivity contribution in [1.29, 1.82) is 0 Å². The number of fused-ring (bicyclic) bond motifs is 9. The predicted molar refractivity (Wildman–Crippen MR) is 239 cm³/mol. The molecule has 0 radical (unpaired) electrons. The van der Waals surface area contributed by atoms with E-state index in [1.54, 1.807) is 0 Å². The number of hydrogen-bond donors (Lipinski definition) is 0. The standard InChI is InChI=1S/C54H34N2O/c1-3-13-35(14-4-1)36-23-25-37(26-24-36)45-33-41(34-53-54(45)44-19-9-12-22-52(44)57-53)56-49-21-11-8-18-43(49)47-32-39(28-30-51(47)56)38-27-29-50-46(31-38)42-17-7-10-20-48(42)55(50)40-15-5-2-6-16-40/h1-34H. The van der Waals surface area contributed by atoms with Crippen molar-refractivity contribution < 1.29 is 4.42 Å². The average Bonchev–Trinajstić information content (AvgIpc) is 3.94. The fourth-order valence-corrected chi connectivity index (χ4v) is 9.11. The van der Waals surface area contributed by atoms with Gasteiger partial charge in [-0.1, -0.05) is 140 Å². The zero-order valence-corrected chi connectivity index (χ0v) is 30.9. The second-order valence-corrected chi connectivity index (χ2v) is 14.9. The summed E-state index contributed by atoms with van der Waals surface area (Å²) in [6.45, 7) is 0. The number of nitrogens with zero attached hydrogens (tertiary/aromatic N) is 2. The van der Waals surface area contributed by atoms with Gasteiger partial charge in [0.1, 0.15) is 11.2 Å². The SMILES string of the molecule is c1ccc(-c2ccc(-c3cc(-n4c5ccccc5c5cc(-c6ccc7c(c6)c6ccccc6n7-c6ccccc6)ccc54)cc4oc5ccccc5c34)cc2)cc1. The molecule has 0 aliphatic carbocycles. The summed E-state index contributed by atoms with van der Waals surface area (Å²) in [7, 11) is 0. The second-order valence-electron chi connectivity index (χ2n) is 14.9. The third kappa shape index (κ3) is 4.92. The number of benzene rings is 9. The van der Waals surface area contributed by atoms with E-state index in [4.69, 9.17) is 4.42 Å². The van der Waals surface area contributed by atoms with Gasteiger partial charge < -0.3 is 13.6 Å². The van der Waals surface area contributed by atoms with Crippen LogP contribution in [0.1, 0.15) is 0 Å². The molecule has 12 aromatic rings. The predicted octanol–water partition coefficient (Wildman–Crippen LogP) is 14.8. The van der Waals surface area contributed by atoms with Crippen molar-refractivity contribution >= 4 is 65.6 Å². The molecular formula is C54H34N2O. The molecule has 0 saturated heterocycles. The normalized spacial score (nSPS) is 11.9. The minimum absolute atomic E-state index is 0.876. The van der Waals surface area contributed by atoms with E-state index < -0.39 is 0 Å². The van der Waals surface area contributed by atoms with Crippen molar-refractivity contribution in [3.8, 4) is 44.8 Å². The molecule has 3 heterocycles. The van der Waals surface area contributed by atoms with Crippen LogP contribution in [0.3, 0.4) is 0 Å². The van der Waals surface area contributed by atoms with Crippen LogP contribution in [0.25, 0.3) is 110 Å². The fourth-order valence-electron chi connectivity index (χ4n) is 9.11. The van der Waals surface area contributed by atoms with Crippen LogP contribution in [0.2, 0.25) is 0 Å². The van der Waals surface area contributed by atoms with E-state index in [0.29, 0.717) is 0 Å². The molecule has 3 aromatic heterocycles. The molecule has 3 nitrogen and oxygen atoms in total. The topological polar surface area (TPSA) is 23.0 Å². The van der Waals surface area contributed by atoms with Gasteiger partial charge in [0.2, 0.25) is 0 Å². The summed E-state index contributed by atoms with van der Waals surface area (Å²) in [5, 5.41) is 7.19. The highest BCUT2D eigenvalue weighted by Gasteiger charge is 2.20. The lowest BCUT2D eigenvalue weighted by Gasteiger charge is -2.13. The Hall–Kier alpha value is -7.62. The van der Waals surface area contributed by atoms with E-state index in [1.807, 2.05) is 6.07 Å². The van der Waals surface area contributed by atoms with Crippen molar-refractivity contribution in [2.24, 2.45) is 0 Å². The third-order valence-electron chi connectivity index (χ3n) is 11.7. The molecule has 0 aliphatic heterocycles. The Morgan fingerprint density at radius 2 is 0.754 bits per heavy atom. The van der Waals surface area contributed by atoms with E-state index in [2.05, 4.69) is 209 Å². The van der Waals surface area contributed by atoms with Crippen LogP contribution in [0.5, 0.6) is 0 Å². The molecule has 266 valence electrons. The van der Waals surface area contributed by atoms with Crippen molar-refractivity contribution in [3.63, 3.8) is 0 Å². The molecule has 9 aromatic carbocycles. The van der Waals surface area contributed by atoms with Crippen LogP contribution in [0, 0.1) is 0 Å². The molecule has 0 fully saturated rings. The highest BCUT2D eigenvalue weighted by atomic mass is 16.3. The lowest BCUT2D eigenvalue weighted by molar-refractivity contribution is 0.668. The minimum atomic E-state index is 0.876. The lowest BCUT2D eigenvalue weighted by Crippen LogP contribution is -1.95. The van der Waals surface area contributed by atoms with Gasteiger partial charge in [-0.25, -0.2) is 0 Å². The van der Waals surface area contributed by atoms with E-state index in [-0.39, 0.29) is 0 Å². The maximum absolute atomic E-state index is 6.63. The number of furan rings is 1. The summed E-state index contributed by atoms with van der Waals surface area (Å²) in [4.78, 5) is 0. The van der Waals surface area contributed by atoms with E-state index in [9.17, 15) is 0 Å².